The van der Waals surface area contributed by atoms with E-state index < -0.39 is 51.4 Å². The lowest BCUT2D eigenvalue weighted by atomic mass is 9.44. The summed E-state index contributed by atoms with van der Waals surface area (Å²) in [7, 11) is -6.79. The van der Waals surface area contributed by atoms with Crippen molar-refractivity contribution in [1.82, 2.24) is 0 Å². The molecule has 4 saturated carbocycles. The third-order valence-corrected chi connectivity index (χ3v) is 11.8. The second kappa shape index (κ2) is 10.3. The maximum absolute atomic E-state index is 13.8. The Hall–Kier alpha value is -1.96. The van der Waals surface area contributed by atoms with E-state index in [-0.39, 0.29) is 71.6 Å². The summed E-state index contributed by atoms with van der Waals surface area (Å²) in [6.45, 7) is 5.53. The van der Waals surface area contributed by atoms with Crippen molar-refractivity contribution >= 4 is 33.4 Å². The molecule has 4 fully saturated rings. The number of Topliss-reactive ketones (excluding diaryl/α,β-unsaturated/α-hetero) is 3. The zero-order chi connectivity index (χ0) is 30.9. The molecular weight excluding hydrogens is 579 g/mol. The summed E-state index contributed by atoms with van der Waals surface area (Å²) in [6, 6.07) is 0. The number of esters is 1. The molecule has 9 atom stereocenters. The van der Waals surface area contributed by atoms with Crippen LogP contribution in [0.25, 0.3) is 0 Å². The van der Waals surface area contributed by atoms with Gasteiger partial charge in [-0.25, -0.2) is 8.42 Å². The molecule has 0 radical (unpaired) electrons. The van der Waals surface area contributed by atoms with Gasteiger partial charge in [-0.2, -0.15) is 22.0 Å². The number of hydrogen-bond acceptors (Lipinski definition) is 8. The van der Waals surface area contributed by atoms with Crippen molar-refractivity contribution in [1.29, 1.82) is 0 Å². The normalized spacial score (nSPS) is 37.6. The highest BCUT2D eigenvalue weighted by atomic mass is 32.2. The van der Waals surface area contributed by atoms with Crippen LogP contribution in [0.3, 0.4) is 0 Å². The fourth-order valence-corrected chi connectivity index (χ4v) is 9.03. The number of rotatable bonds is 7. The SMILES string of the molecule is C[C@H](CCC(=O)OC(C(F)(F)F)C(F)(F)S(=O)(=O)[O-])[C@H]1CC[C@H]2[C@@H]3C(=O)CC4CC(=O)CC[C@]4(C)[C@H]3CC(=O)[C@]12C. The minimum absolute atomic E-state index is 0.0373. The van der Waals surface area contributed by atoms with E-state index in [1.54, 1.807) is 13.8 Å². The maximum atomic E-state index is 13.8. The first-order valence-electron chi connectivity index (χ1n) is 13.8. The van der Waals surface area contributed by atoms with Crippen molar-refractivity contribution < 1.29 is 58.8 Å². The van der Waals surface area contributed by atoms with Crippen molar-refractivity contribution in [2.45, 2.75) is 96.1 Å². The molecule has 8 nitrogen and oxygen atoms in total. The molecule has 0 bridgehead atoms. The number of ether oxygens (including phenoxy) is 1. The predicted molar refractivity (Wildman–Crippen MR) is 130 cm³/mol. The summed E-state index contributed by atoms with van der Waals surface area (Å²) in [5, 5.41) is -5.92. The van der Waals surface area contributed by atoms with E-state index in [0.717, 1.165) is 0 Å². The minimum Gasteiger partial charge on any atom is -0.743 e. The van der Waals surface area contributed by atoms with Gasteiger partial charge in [0.05, 0.1) is 0 Å². The van der Waals surface area contributed by atoms with E-state index in [9.17, 15) is 54.1 Å². The van der Waals surface area contributed by atoms with Crippen LogP contribution >= 0.6 is 0 Å². The second-order valence-electron chi connectivity index (χ2n) is 12.9. The number of hydrogen-bond donors (Lipinski definition) is 0. The third kappa shape index (κ3) is 5.25. The lowest BCUT2D eigenvalue weighted by Gasteiger charge is -2.58. The lowest BCUT2D eigenvalue weighted by Crippen LogP contribution is -2.60. The molecule has 2 unspecified atom stereocenters. The first-order chi connectivity index (χ1) is 18.7. The lowest BCUT2D eigenvalue weighted by molar-refractivity contribution is -0.259. The molecule has 0 spiro atoms. The Labute approximate surface area is 234 Å². The molecule has 0 amide bonds. The molecule has 4 aliphatic carbocycles. The summed E-state index contributed by atoms with van der Waals surface area (Å²) < 4.78 is 103. The van der Waals surface area contributed by atoms with Gasteiger partial charge in [0.2, 0.25) is 0 Å². The molecule has 0 saturated heterocycles. The van der Waals surface area contributed by atoms with Crippen molar-refractivity contribution in [3.05, 3.63) is 0 Å². The van der Waals surface area contributed by atoms with Gasteiger partial charge < -0.3 is 9.29 Å². The number of fused-ring (bicyclic) bond motifs is 5. The van der Waals surface area contributed by atoms with Gasteiger partial charge in [-0.05, 0) is 60.7 Å². The average Bonchev–Trinajstić information content (AvgIpc) is 3.19. The Morgan fingerprint density at radius 1 is 1.05 bits per heavy atom. The Morgan fingerprint density at radius 2 is 1.68 bits per heavy atom. The van der Waals surface area contributed by atoms with Crippen LogP contribution in [0.15, 0.2) is 0 Å². The molecule has 232 valence electrons. The Balaban J connectivity index is 1.47. The topological polar surface area (TPSA) is 135 Å². The van der Waals surface area contributed by atoms with Crippen molar-refractivity contribution in [2.24, 2.45) is 46.3 Å². The van der Waals surface area contributed by atoms with Crippen LogP contribution < -0.4 is 0 Å². The minimum atomic E-state index is -6.79. The van der Waals surface area contributed by atoms with Gasteiger partial charge in [-0.3, -0.25) is 19.2 Å². The van der Waals surface area contributed by atoms with Gasteiger partial charge in [0.15, 0.2) is 10.1 Å². The summed E-state index contributed by atoms with van der Waals surface area (Å²) in [5.74, 6) is -3.35. The Morgan fingerprint density at radius 3 is 2.27 bits per heavy atom. The van der Waals surface area contributed by atoms with E-state index in [1.165, 1.54) is 0 Å². The smallest absolute Gasteiger partial charge is 0.432 e. The van der Waals surface area contributed by atoms with Crippen LogP contribution in [0.2, 0.25) is 0 Å². The van der Waals surface area contributed by atoms with Crippen molar-refractivity contribution in [3.8, 4) is 0 Å². The predicted octanol–water partition coefficient (Wildman–Crippen LogP) is 4.60. The fourth-order valence-electron chi connectivity index (χ4n) is 8.58. The number of carbonyl (C=O) groups excluding carboxylic acids is 4. The van der Waals surface area contributed by atoms with E-state index in [4.69, 9.17) is 0 Å². The van der Waals surface area contributed by atoms with Gasteiger partial charge in [0.1, 0.15) is 17.3 Å². The number of halogens is 5. The number of ketones is 3. The molecule has 41 heavy (non-hydrogen) atoms. The molecule has 0 aromatic heterocycles. The number of carbonyl (C=O) groups is 4. The molecule has 0 aromatic rings. The number of alkyl halides is 5. The molecule has 4 rings (SSSR count). The highest BCUT2D eigenvalue weighted by molar-refractivity contribution is 7.86. The molecule has 14 heteroatoms. The Bertz CT molecular complexity index is 1230. The van der Waals surface area contributed by atoms with Gasteiger partial charge in [0.25, 0.3) is 6.10 Å². The molecule has 0 heterocycles. The van der Waals surface area contributed by atoms with E-state index in [2.05, 4.69) is 11.7 Å². The van der Waals surface area contributed by atoms with Crippen LogP contribution in [-0.2, 0) is 34.0 Å². The van der Waals surface area contributed by atoms with Gasteiger partial charge in [0, 0.05) is 43.4 Å². The summed E-state index contributed by atoms with van der Waals surface area (Å²) in [6.07, 6.45) is -8.53. The van der Waals surface area contributed by atoms with Gasteiger partial charge in [-0.15, -0.1) is 0 Å². The van der Waals surface area contributed by atoms with Crippen LogP contribution in [0, 0.1) is 46.3 Å². The molecule has 0 aromatic carbocycles. The highest BCUT2D eigenvalue weighted by Gasteiger charge is 2.66. The van der Waals surface area contributed by atoms with Crippen molar-refractivity contribution in [2.75, 3.05) is 0 Å². The largest absolute Gasteiger partial charge is 0.743 e. The van der Waals surface area contributed by atoms with Crippen LogP contribution in [0.4, 0.5) is 22.0 Å². The zero-order valence-corrected chi connectivity index (χ0v) is 23.8. The summed E-state index contributed by atoms with van der Waals surface area (Å²) in [5.41, 5.74) is -1.25. The first kappa shape index (κ1) is 32.0. The second-order valence-corrected chi connectivity index (χ2v) is 14.3. The van der Waals surface area contributed by atoms with E-state index in [1.807, 2.05) is 0 Å². The highest BCUT2D eigenvalue weighted by Crippen LogP contribution is 2.66. The summed E-state index contributed by atoms with van der Waals surface area (Å²) in [4.78, 5) is 51.5. The van der Waals surface area contributed by atoms with Crippen LogP contribution in [-0.4, -0.2) is 53.8 Å². The monoisotopic (exact) mass is 613 g/mol. The molecular formula is C27H34F5O8S-. The molecule has 0 aliphatic heterocycles. The fraction of sp³-hybridized carbons (Fsp3) is 0.852. The Kier molecular flexibility index (Phi) is 8.06. The van der Waals surface area contributed by atoms with E-state index >= 15 is 0 Å². The van der Waals surface area contributed by atoms with Gasteiger partial charge in [-0.1, -0.05) is 20.8 Å². The van der Waals surface area contributed by atoms with Gasteiger partial charge >= 0.3 is 17.4 Å². The standard InChI is InChI=1S/C27H35F5O8S/c1-13(4-7-21(36)40-23(26(28,29)30)27(31,32)41(37,38)39)16-5-6-17-22-18(12-20(35)25(16,17)3)24(2)9-8-15(33)10-14(24)11-19(22)34/h13-14,16-18,22-23H,4-12H2,1-3H3,(H,37,38,39)/p-1/t13-,14?,16-,17+,18+,22+,23?,24+,25-/m1/s1. The van der Waals surface area contributed by atoms with Crippen LogP contribution in [0.1, 0.15) is 78.6 Å². The van der Waals surface area contributed by atoms with Crippen LogP contribution in [0.5, 0.6) is 0 Å². The average molecular weight is 614 g/mol. The quantitative estimate of drug-likeness (QED) is 0.231. The first-order valence-corrected chi connectivity index (χ1v) is 15.2. The molecule has 0 N–H and O–H groups in total. The van der Waals surface area contributed by atoms with Crippen molar-refractivity contribution in [3.63, 3.8) is 0 Å². The molecule has 4 aliphatic rings. The maximum Gasteiger partial charge on any atom is 0.432 e. The van der Waals surface area contributed by atoms with E-state index in [0.29, 0.717) is 32.1 Å². The zero-order valence-electron chi connectivity index (χ0n) is 23.0. The summed E-state index contributed by atoms with van der Waals surface area (Å²) >= 11 is 0. The third-order valence-electron chi connectivity index (χ3n) is 10.9.